The maximum atomic E-state index is 11.0. The van der Waals surface area contributed by atoms with Crippen molar-refractivity contribution >= 4 is 30.2 Å². The third kappa shape index (κ3) is 1.47. The molecule has 1 rings (SSSR count). The smallest absolute Gasteiger partial charge is 0.254 e. The number of aliphatic imine (C=N–C) groups is 1. The molecule has 0 aliphatic heterocycles. The number of anilines is 1. The van der Waals surface area contributed by atoms with E-state index in [4.69, 9.17) is 11.5 Å². The van der Waals surface area contributed by atoms with Gasteiger partial charge in [-0.3, -0.25) is 9.79 Å². The molecule has 0 atom stereocenters. The van der Waals surface area contributed by atoms with Crippen molar-refractivity contribution in [2.75, 3.05) is 5.73 Å². The van der Waals surface area contributed by atoms with Crippen LogP contribution in [0.4, 0.5) is 11.5 Å². The first-order valence-electron chi connectivity index (χ1n) is 3.79. The van der Waals surface area contributed by atoms with Gasteiger partial charge in [0.1, 0.15) is 11.4 Å². The first-order valence-corrected chi connectivity index (χ1v) is 3.79. The van der Waals surface area contributed by atoms with E-state index >= 15 is 0 Å². The maximum Gasteiger partial charge on any atom is 0.254 e. The van der Waals surface area contributed by atoms with E-state index < -0.39 is 5.91 Å². The minimum absolute atomic E-state index is 0.0468. The number of nitrogens with zero attached hydrogens (tertiary/aromatic N) is 2. The van der Waals surface area contributed by atoms with Crippen molar-refractivity contribution in [3.63, 3.8) is 0 Å². The molecule has 0 bridgehead atoms. The Morgan fingerprint density at radius 2 is 2.29 bits per heavy atom. The minimum atomic E-state index is -0.680. The number of rotatable bonds is 3. The zero-order valence-corrected chi connectivity index (χ0v) is 7.53. The number of nitrogens with two attached hydrogens (primary N) is 2. The molecule has 72 valence electrons. The van der Waals surface area contributed by atoms with Gasteiger partial charge in [-0.15, -0.1) is 0 Å². The van der Waals surface area contributed by atoms with Crippen LogP contribution in [0.15, 0.2) is 17.8 Å². The number of carbonyl (C=O) groups excluding carboxylic acids is 1. The topological polar surface area (TPSA) is 94.4 Å². The summed E-state index contributed by atoms with van der Waals surface area (Å²) in [7, 11) is 0. The van der Waals surface area contributed by atoms with Crippen LogP contribution in [0.3, 0.4) is 0 Å². The van der Waals surface area contributed by atoms with Gasteiger partial charge in [-0.25, -0.2) is 4.98 Å². The second-order valence-electron chi connectivity index (χ2n) is 2.55. The van der Waals surface area contributed by atoms with Gasteiger partial charge in [0.05, 0.1) is 5.69 Å². The number of pyridine rings is 1. The lowest BCUT2D eigenvalue weighted by Crippen LogP contribution is -2.15. The van der Waals surface area contributed by atoms with Crippen molar-refractivity contribution in [2.45, 2.75) is 0 Å². The highest BCUT2D eigenvalue weighted by Crippen LogP contribution is 2.27. The second-order valence-corrected chi connectivity index (χ2v) is 2.55. The predicted octanol–water partition coefficient (Wildman–Crippen LogP) is 0.738. The standard InChI is InChI=1S/C9H10N4O/c1-3-5-4-13-8(10)6(9(11)14)7(5)12-2/h3-4H,1-2H2,(H2,10,13)(H2,11,14). The number of hydrogen-bond donors (Lipinski definition) is 2. The summed E-state index contributed by atoms with van der Waals surface area (Å²) in [5.74, 6) is -0.633. The normalized spacial score (nSPS) is 9.43. The predicted molar refractivity (Wildman–Crippen MR) is 56.5 cm³/mol. The number of primary amides is 1. The van der Waals surface area contributed by atoms with Crippen molar-refractivity contribution in [2.24, 2.45) is 10.7 Å². The van der Waals surface area contributed by atoms with Crippen LogP contribution in [0.5, 0.6) is 0 Å². The van der Waals surface area contributed by atoms with Gasteiger partial charge in [-0.1, -0.05) is 12.7 Å². The molecular weight excluding hydrogens is 180 g/mol. The van der Waals surface area contributed by atoms with Gasteiger partial charge < -0.3 is 11.5 Å². The lowest BCUT2D eigenvalue weighted by Gasteiger charge is -2.06. The average molecular weight is 190 g/mol. The number of nitrogen functional groups attached to an aromatic ring is 1. The maximum absolute atomic E-state index is 11.0. The highest BCUT2D eigenvalue weighted by atomic mass is 16.1. The number of carbonyl (C=O) groups is 1. The molecular formula is C9H10N4O. The van der Waals surface area contributed by atoms with E-state index in [-0.39, 0.29) is 11.4 Å². The first-order chi connectivity index (χ1) is 6.61. The largest absolute Gasteiger partial charge is 0.383 e. The quantitative estimate of drug-likeness (QED) is 0.688. The second kappa shape index (κ2) is 3.69. The Morgan fingerprint density at radius 3 is 2.71 bits per heavy atom. The molecule has 5 nitrogen and oxygen atoms in total. The van der Waals surface area contributed by atoms with Crippen LogP contribution >= 0.6 is 0 Å². The Labute approximate surface area is 81.2 Å². The van der Waals surface area contributed by atoms with Gasteiger partial charge in [0.15, 0.2) is 0 Å². The molecule has 4 N–H and O–H groups in total. The average Bonchev–Trinajstić information content (AvgIpc) is 2.16. The molecule has 1 heterocycles. The van der Waals surface area contributed by atoms with Crippen molar-refractivity contribution in [3.05, 3.63) is 23.9 Å². The summed E-state index contributed by atoms with van der Waals surface area (Å²) in [4.78, 5) is 18.5. The van der Waals surface area contributed by atoms with Gasteiger partial charge in [0, 0.05) is 11.8 Å². The van der Waals surface area contributed by atoms with Crippen LogP contribution in [-0.2, 0) is 0 Å². The van der Waals surface area contributed by atoms with E-state index in [1.807, 2.05) is 0 Å². The van der Waals surface area contributed by atoms with E-state index in [0.717, 1.165) is 0 Å². The molecule has 5 heteroatoms. The van der Waals surface area contributed by atoms with Crippen LogP contribution in [0.25, 0.3) is 6.08 Å². The molecule has 0 fully saturated rings. The fourth-order valence-corrected chi connectivity index (χ4v) is 1.09. The van der Waals surface area contributed by atoms with E-state index in [1.165, 1.54) is 12.3 Å². The van der Waals surface area contributed by atoms with Crippen molar-refractivity contribution in [1.29, 1.82) is 0 Å². The first kappa shape index (κ1) is 9.91. The van der Waals surface area contributed by atoms with Crippen LogP contribution < -0.4 is 11.5 Å². The lowest BCUT2D eigenvalue weighted by atomic mass is 10.1. The zero-order chi connectivity index (χ0) is 10.7. The van der Waals surface area contributed by atoms with Gasteiger partial charge in [-0.2, -0.15) is 0 Å². The summed E-state index contributed by atoms with van der Waals surface area (Å²) in [6.45, 7) is 6.88. The summed E-state index contributed by atoms with van der Waals surface area (Å²) in [6.07, 6.45) is 2.96. The SMILES string of the molecule is C=Cc1cnc(N)c(C(N)=O)c1N=C. The Kier molecular flexibility index (Phi) is 2.62. The molecule has 14 heavy (non-hydrogen) atoms. The minimum Gasteiger partial charge on any atom is -0.383 e. The Balaban J connectivity index is 3.58. The highest BCUT2D eigenvalue weighted by molar-refractivity contribution is 6.03. The summed E-state index contributed by atoms with van der Waals surface area (Å²) in [5.41, 5.74) is 11.6. The number of amides is 1. The molecule has 0 spiro atoms. The molecule has 1 amide bonds. The molecule has 0 saturated carbocycles. The van der Waals surface area contributed by atoms with Crippen LogP contribution in [0.1, 0.15) is 15.9 Å². The van der Waals surface area contributed by atoms with Gasteiger partial charge in [0.25, 0.3) is 5.91 Å². The molecule has 0 aromatic carbocycles. The molecule has 1 aromatic heterocycles. The van der Waals surface area contributed by atoms with Crippen molar-refractivity contribution < 1.29 is 4.79 Å². The van der Waals surface area contributed by atoms with Crippen LogP contribution in [0.2, 0.25) is 0 Å². The number of hydrogen-bond acceptors (Lipinski definition) is 4. The molecule has 0 saturated heterocycles. The van der Waals surface area contributed by atoms with E-state index in [0.29, 0.717) is 11.3 Å². The van der Waals surface area contributed by atoms with Crippen LogP contribution in [0, 0.1) is 0 Å². The molecule has 0 radical (unpaired) electrons. The van der Waals surface area contributed by atoms with E-state index in [9.17, 15) is 4.79 Å². The zero-order valence-electron chi connectivity index (χ0n) is 7.53. The monoisotopic (exact) mass is 190 g/mol. The van der Waals surface area contributed by atoms with Crippen molar-refractivity contribution in [3.8, 4) is 0 Å². The third-order valence-corrected chi connectivity index (χ3v) is 1.73. The number of aromatic nitrogens is 1. The highest BCUT2D eigenvalue weighted by Gasteiger charge is 2.15. The van der Waals surface area contributed by atoms with Crippen molar-refractivity contribution in [1.82, 2.24) is 4.98 Å². The Morgan fingerprint density at radius 1 is 1.64 bits per heavy atom. The van der Waals surface area contributed by atoms with Crippen LogP contribution in [-0.4, -0.2) is 17.6 Å². The molecule has 0 aliphatic carbocycles. The fraction of sp³-hybridized carbons (Fsp3) is 0. The molecule has 1 aromatic rings. The summed E-state index contributed by atoms with van der Waals surface area (Å²) < 4.78 is 0. The third-order valence-electron chi connectivity index (χ3n) is 1.73. The van der Waals surface area contributed by atoms with Gasteiger partial charge >= 0.3 is 0 Å². The molecule has 0 aliphatic rings. The lowest BCUT2D eigenvalue weighted by molar-refractivity contribution is 0.100. The van der Waals surface area contributed by atoms with Gasteiger partial charge in [-0.05, 0) is 6.72 Å². The Bertz CT molecular complexity index is 412. The summed E-state index contributed by atoms with van der Waals surface area (Å²) in [5, 5.41) is 0. The summed E-state index contributed by atoms with van der Waals surface area (Å²) >= 11 is 0. The fourth-order valence-electron chi connectivity index (χ4n) is 1.09. The van der Waals surface area contributed by atoms with E-state index in [1.54, 1.807) is 0 Å². The van der Waals surface area contributed by atoms with Gasteiger partial charge in [0.2, 0.25) is 0 Å². The van der Waals surface area contributed by atoms with E-state index in [2.05, 4.69) is 23.3 Å². The Hall–Kier alpha value is -2.17. The summed E-state index contributed by atoms with van der Waals surface area (Å²) in [6, 6.07) is 0. The molecule has 0 unspecified atom stereocenters.